The van der Waals surface area contributed by atoms with Crippen molar-refractivity contribution in [3.05, 3.63) is 93.5 Å². The van der Waals surface area contributed by atoms with Crippen LogP contribution < -0.4 is 20.5 Å². The van der Waals surface area contributed by atoms with Crippen molar-refractivity contribution in [2.75, 3.05) is 13.7 Å². The van der Waals surface area contributed by atoms with E-state index < -0.39 is 5.91 Å². The zero-order valence-electron chi connectivity index (χ0n) is 17.3. The van der Waals surface area contributed by atoms with E-state index in [1.165, 1.54) is 19.2 Å². The first-order valence-corrected chi connectivity index (χ1v) is 10.5. The van der Waals surface area contributed by atoms with Crippen molar-refractivity contribution in [1.29, 1.82) is 0 Å². The minimum atomic E-state index is -0.657. The number of hydrogen-bond donors (Lipinski definition) is 2. The molecule has 0 aliphatic rings. The number of carbonyl (C=O) groups is 2. The Labute approximate surface area is 196 Å². The lowest BCUT2D eigenvalue weighted by atomic mass is 9.98. The molecule has 0 spiro atoms. The van der Waals surface area contributed by atoms with Gasteiger partial charge >= 0.3 is 0 Å². The molecule has 166 valence electrons. The van der Waals surface area contributed by atoms with Crippen molar-refractivity contribution in [1.82, 2.24) is 5.32 Å². The zero-order valence-corrected chi connectivity index (χ0v) is 18.8. The van der Waals surface area contributed by atoms with Gasteiger partial charge in [0, 0.05) is 10.6 Å². The predicted octanol–water partition coefficient (Wildman–Crippen LogP) is 4.58. The molecule has 0 radical (unpaired) electrons. The highest BCUT2D eigenvalue weighted by Gasteiger charge is 2.21. The highest BCUT2D eigenvalue weighted by Crippen LogP contribution is 2.36. The van der Waals surface area contributed by atoms with Crippen molar-refractivity contribution in [3.8, 4) is 11.5 Å². The van der Waals surface area contributed by atoms with Crippen LogP contribution in [0.3, 0.4) is 0 Å². The molecule has 0 bridgehead atoms. The standard InChI is InChI=1S/C24H22Cl2N2O4/c1-31-21-13-17(11-19(26)23(21)32-14-22(27)29)24(30)28-20(15-7-3-2-4-8-15)12-16-9-5-6-10-18(16)25/h2-11,13,20H,12,14H2,1H3,(H2,27,29)(H,28,30). The van der Waals surface area contributed by atoms with Gasteiger partial charge in [0.1, 0.15) is 0 Å². The molecule has 0 saturated heterocycles. The van der Waals surface area contributed by atoms with Crippen LogP contribution in [0.2, 0.25) is 10.0 Å². The second-order valence-corrected chi connectivity index (χ2v) is 7.79. The SMILES string of the molecule is COc1cc(C(=O)NC(Cc2ccccc2Cl)c2ccccc2)cc(Cl)c1OCC(N)=O. The smallest absolute Gasteiger partial charge is 0.255 e. The van der Waals surface area contributed by atoms with Crippen LogP contribution in [0.25, 0.3) is 0 Å². The van der Waals surface area contributed by atoms with Gasteiger partial charge in [-0.2, -0.15) is 0 Å². The lowest BCUT2D eigenvalue weighted by molar-refractivity contribution is -0.119. The van der Waals surface area contributed by atoms with Gasteiger partial charge in [0.05, 0.1) is 18.2 Å². The van der Waals surface area contributed by atoms with E-state index in [4.69, 9.17) is 38.4 Å². The van der Waals surface area contributed by atoms with Gasteiger partial charge in [0.25, 0.3) is 11.8 Å². The molecule has 0 heterocycles. The van der Waals surface area contributed by atoms with Gasteiger partial charge in [0.2, 0.25) is 0 Å². The zero-order chi connectivity index (χ0) is 23.1. The Morgan fingerprint density at radius 2 is 1.69 bits per heavy atom. The average molecular weight is 473 g/mol. The molecular formula is C24H22Cl2N2O4. The van der Waals surface area contributed by atoms with Crippen LogP contribution in [0.4, 0.5) is 0 Å². The molecule has 6 nitrogen and oxygen atoms in total. The second kappa shape index (κ2) is 10.9. The van der Waals surface area contributed by atoms with Crippen molar-refractivity contribution in [3.63, 3.8) is 0 Å². The molecule has 1 unspecified atom stereocenters. The second-order valence-electron chi connectivity index (χ2n) is 6.98. The van der Waals surface area contributed by atoms with Gasteiger partial charge in [-0.05, 0) is 35.7 Å². The Morgan fingerprint density at radius 3 is 2.34 bits per heavy atom. The number of benzene rings is 3. The Bertz CT molecular complexity index is 1110. The summed E-state index contributed by atoms with van der Waals surface area (Å²) < 4.78 is 10.6. The number of primary amides is 1. The molecule has 0 aliphatic heterocycles. The van der Waals surface area contributed by atoms with Crippen molar-refractivity contribution < 1.29 is 19.1 Å². The van der Waals surface area contributed by atoms with E-state index in [9.17, 15) is 9.59 Å². The fourth-order valence-electron chi connectivity index (χ4n) is 3.20. The van der Waals surface area contributed by atoms with E-state index in [1.807, 2.05) is 54.6 Å². The number of ether oxygens (including phenoxy) is 2. The van der Waals surface area contributed by atoms with Crippen LogP contribution in [0.15, 0.2) is 66.7 Å². The number of hydrogen-bond acceptors (Lipinski definition) is 4. The molecule has 3 aromatic rings. The monoisotopic (exact) mass is 472 g/mol. The fraction of sp³-hybridized carbons (Fsp3) is 0.167. The molecule has 0 aromatic heterocycles. The summed E-state index contributed by atoms with van der Waals surface area (Å²) in [6, 6.07) is 19.7. The number of halogens is 2. The summed E-state index contributed by atoms with van der Waals surface area (Å²) in [5.74, 6) is -0.658. The summed E-state index contributed by atoms with van der Waals surface area (Å²) in [4.78, 5) is 24.2. The number of nitrogens with one attached hydrogen (secondary N) is 1. The number of methoxy groups -OCH3 is 1. The predicted molar refractivity (Wildman–Crippen MR) is 124 cm³/mol. The lowest BCUT2D eigenvalue weighted by Crippen LogP contribution is -2.30. The van der Waals surface area contributed by atoms with Gasteiger partial charge in [-0.15, -0.1) is 0 Å². The summed E-state index contributed by atoms with van der Waals surface area (Å²) in [6.07, 6.45) is 0.500. The largest absolute Gasteiger partial charge is 0.493 e. The first-order chi connectivity index (χ1) is 15.4. The van der Waals surface area contributed by atoms with Crippen LogP contribution in [0.1, 0.15) is 27.5 Å². The van der Waals surface area contributed by atoms with Gasteiger partial charge in [-0.1, -0.05) is 71.7 Å². The molecular weight excluding hydrogens is 451 g/mol. The van der Waals surface area contributed by atoms with E-state index in [2.05, 4.69) is 5.32 Å². The molecule has 0 aliphatic carbocycles. The van der Waals surface area contributed by atoms with E-state index in [1.54, 1.807) is 0 Å². The average Bonchev–Trinajstić information content (AvgIpc) is 2.79. The highest BCUT2D eigenvalue weighted by molar-refractivity contribution is 6.32. The van der Waals surface area contributed by atoms with E-state index in [0.717, 1.165) is 11.1 Å². The van der Waals surface area contributed by atoms with E-state index in [0.29, 0.717) is 11.4 Å². The van der Waals surface area contributed by atoms with Crippen LogP contribution in [-0.4, -0.2) is 25.5 Å². The van der Waals surface area contributed by atoms with Gasteiger partial charge in [-0.25, -0.2) is 0 Å². The van der Waals surface area contributed by atoms with Crippen LogP contribution in [0, 0.1) is 0 Å². The third-order valence-corrected chi connectivity index (χ3v) is 5.39. The number of carbonyl (C=O) groups excluding carboxylic acids is 2. The van der Waals surface area contributed by atoms with Gasteiger partial charge in [-0.3, -0.25) is 9.59 Å². The first kappa shape index (κ1) is 23.4. The van der Waals surface area contributed by atoms with E-state index >= 15 is 0 Å². The van der Waals surface area contributed by atoms with Crippen LogP contribution in [0.5, 0.6) is 11.5 Å². The lowest BCUT2D eigenvalue weighted by Gasteiger charge is -2.21. The summed E-state index contributed by atoms with van der Waals surface area (Å²) in [7, 11) is 1.41. The number of nitrogens with two attached hydrogens (primary N) is 1. The maximum absolute atomic E-state index is 13.1. The summed E-state index contributed by atoms with van der Waals surface area (Å²) in [6.45, 7) is -0.366. The molecule has 0 saturated carbocycles. The van der Waals surface area contributed by atoms with Crippen LogP contribution >= 0.6 is 23.2 Å². The Hall–Kier alpha value is -3.22. The van der Waals surface area contributed by atoms with Gasteiger partial charge < -0.3 is 20.5 Å². The molecule has 3 aromatic carbocycles. The molecule has 8 heteroatoms. The molecule has 3 rings (SSSR count). The van der Waals surface area contributed by atoms with Crippen molar-refractivity contribution in [2.45, 2.75) is 12.5 Å². The van der Waals surface area contributed by atoms with Crippen LogP contribution in [-0.2, 0) is 11.2 Å². The molecule has 32 heavy (non-hydrogen) atoms. The number of amides is 2. The third kappa shape index (κ3) is 5.93. The fourth-order valence-corrected chi connectivity index (χ4v) is 3.68. The minimum Gasteiger partial charge on any atom is -0.493 e. The summed E-state index contributed by atoms with van der Waals surface area (Å²) in [5, 5.41) is 3.80. The Morgan fingerprint density at radius 1 is 1.00 bits per heavy atom. The Kier molecular flexibility index (Phi) is 7.98. The summed E-state index contributed by atoms with van der Waals surface area (Å²) in [5.41, 5.74) is 7.24. The topological polar surface area (TPSA) is 90.7 Å². The highest BCUT2D eigenvalue weighted by atomic mass is 35.5. The first-order valence-electron chi connectivity index (χ1n) is 9.77. The Balaban J connectivity index is 1.88. The summed E-state index contributed by atoms with van der Waals surface area (Å²) >= 11 is 12.6. The normalized spacial score (nSPS) is 11.5. The molecule has 3 N–H and O–H groups in total. The third-order valence-electron chi connectivity index (χ3n) is 4.74. The number of rotatable bonds is 9. The quantitative estimate of drug-likeness (QED) is 0.476. The maximum atomic E-state index is 13.1. The minimum absolute atomic E-state index is 0.123. The maximum Gasteiger partial charge on any atom is 0.255 e. The van der Waals surface area contributed by atoms with Crippen molar-refractivity contribution in [2.24, 2.45) is 5.73 Å². The molecule has 2 amide bonds. The van der Waals surface area contributed by atoms with Crippen molar-refractivity contribution >= 4 is 35.0 Å². The van der Waals surface area contributed by atoms with Gasteiger partial charge in [0.15, 0.2) is 18.1 Å². The van der Waals surface area contributed by atoms with E-state index in [-0.39, 0.29) is 40.6 Å². The molecule has 1 atom stereocenters. The molecule has 0 fully saturated rings.